The summed E-state index contributed by atoms with van der Waals surface area (Å²) in [5.41, 5.74) is 5.11. The number of hydrogen-bond donors (Lipinski definition) is 0. The van der Waals surface area contributed by atoms with Crippen LogP contribution in [0.15, 0.2) is 48.8 Å². The maximum atomic E-state index is 13.8. The van der Waals surface area contributed by atoms with E-state index in [1.165, 1.54) is 0 Å². The highest BCUT2D eigenvalue weighted by atomic mass is 16.5. The molecule has 0 aliphatic carbocycles. The average molecular weight is 429 g/mol. The fourth-order valence-corrected chi connectivity index (χ4v) is 5.14. The van der Waals surface area contributed by atoms with Crippen LogP contribution in [0.5, 0.6) is 5.88 Å². The van der Waals surface area contributed by atoms with Crippen LogP contribution in [-0.2, 0) is 0 Å². The predicted octanol–water partition coefficient (Wildman–Crippen LogP) is 4.54. The van der Waals surface area contributed by atoms with Gasteiger partial charge in [0.15, 0.2) is 0 Å². The van der Waals surface area contributed by atoms with Crippen LogP contribution < -0.4 is 4.74 Å². The monoisotopic (exact) mass is 428 g/mol. The first-order valence-corrected chi connectivity index (χ1v) is 11.3. The molecule has 32 heavy (non-hydrogen) atoms. The van der Waals surface area contributed by atoms with E-state index in [4.69, 9.17) is 4.74 Å². The number of ether oxygens (including phenoxy) is 1. The molecule has 0 aromatic carbocycles. The lowest BCUT2D eigenvalue weighted by atomic mass is 9.90. The lowest BCUT2D eigenvalue weighted by molar-refractivity contribution is 0.0704. The molecule has 1 amide bonds. The fraction of sp³-hybridized carbons (Fsp3) is 0.385. The second-order valence-electron chi connectivity index (χ2n) is 9.01. The number of fused-ring (bicyclic) bond motifs is 2. The minimum atomic E-state index is 0.0113. The maximum absolute atomic E-state index is 13.8. The van der Waals surface area contributed by atoms with Gasteiger partial charge in [-0.1, -0.05) is 12.1 Å². The van der Waals surface area contributed by atoms with E-state index in [0.29, 0.717) is 24.1 Å². The first-order chi connectivity index (χ1) is 15.5. The Morgan fingerprint density at radius 2 is 1.97 bits per heavy atom. The van der Waals surface area contributed by atoms with Gasteiger partial charge in [-0.05, 0) is 69.4 Å². The number of carbonyl (C=O) groups excluding carboxylic acids is 1. The quantitative estimate of drug-likeness (QED) is 0.597. The van der Waals surface area contributed by atoms with Crippen LogP contribution in [0.2, 0.25) is 0 Å². The van der Waals surface area contributed by atoms with Crippen molar-refractivity contribution in [1.82, 2.24) is 19.9 Å². The molecular formula is C26H28N4O2. The summed E-state index contributed by atoms with van der Waals surface area (Å²) in [5.74, 6) is 0.965. The molecular weight excluding hydrogens is 400 g/mol. The maximum Gasteiger partial charge on any atom is 0.273 e. The van der Waals surface area contributed by atoms with E-state index >= 15 is 0 Å². The Hall–Kier alpha value is -3.28. The lowest BCUT2D eigenvalue weighted by Crippen LogP contribution is -2.38. The molecule has 3 aromatic heterocycles. The van der Waals surface area contributed by atoms with Crippen molar-refractivity contribution in [2.75, 3.05) is 6.61 Å². The smallest absolute Gasteiger partial charge is 0.273 e. The Labute approximate surface area is 188 Å². The molecule has 6 heteroatoms. The van der Waals surface area contributed by atoms with Gasteiger partial charge in [-0.3, -0.25) is 9.78 Å². The van der Waals surface area contributed by atoms with Crippen molar-refractivity contribution < 1.29 is 9.53 Å². The van der Waals surface area contributed by atoms with Crippen LogP contribution in [0.4, 0.5) is 0 Å². The molecule has 2 aliphatic rings. The minimum Gasteiger partial charge on any atom is -0.477 e. The Balaban J connectivity index is 1.39. The van der Waals surface area contributed by atoms with Gasteiger partial charge in [0.05, 0.1) is 12.3 Å². The van der Waals surface area contributed by atoms with Gasteiger partial charge in [-0.15, -0.1) is 0 Å². The molecule has 2 saturated heterocycles. The van der Waals surface area contributed by atoms with Crippen molar-refractivity contribution in [3.8, 4) is 17.1 Å². The number of amides is 1. The van der Waals surface area contributed by atoms with E-state index in [-0.39, 0.29) is 18.0 Å². The van der Waals surface area contributed by atoms with Crippen molar-refractivity contribution in [2.45, 2.75) is 52.1 Å². The molecule has 164 valence electrons. The molecule has 0 N–H and O–H groups in total. The zero-order valence-electron chi connectivity index (χ0n) is 18.8. The van der Waals surface area contributed by atoms with Crippen LogP contribution in [0.3, 0.4) is 0 Å². The van der Waals surface area contributed by atoms with E-state index in [1.807, 2.05) is 63.4 Å². The third-order valence-electron chi connectivity index (χ3n) is 6.73. The molecule has 2 aliphatic heterocycles. The van der Waals surface area contributed by atoms with Crippen molar-refractivity contribution in [2.24, 2.45) is 5.92 Å². The van der Waals surface area contributed by atoms with Crippen LogP contribution in [0.25, 0.3) is 11.3 Å². The molecule has 3 atom stereocenters. The summed E-state index contributed by atoms with van der Waals surface area (Å²) in [6.45, 7) is 6.53. The molecule has 2 fully saturated rings. The van der Waals surface area contributed by atoms with E-state index in [0.717, 1.165) is 47.3 Å². The van der Waals surface area contributed by atoms with Crippen LogP contribution in [-0.4, -0.2) is 44.4 Å². The topological polar surface area (TPSA) is 68.2 Å². The van der Waals surface area contributed by atoms with E-state index in [2.05, 4.69) is 19.9 Å². The fourth-order valence-electron chi connectivity index (χ4n) is 5.14. The van der Waals surface area contributed by atoms with Crippen molar-refractivity contribution >= 4 is 5.91 Å². The standard InChI is InChI=1S/C26H28N4O2/c1-16-6-11-23(28-14-16)32-15-19-13-20-8-10-22(19)30(20)26(31)25-21(9-7-18(3)29-25)24-17(2)5-4-12-27-24/h4-7,9,11-12,14,19-20,22H,8,10,13,15H2,1-3H3. The summed E-state index contributed by atoms with van der Waals surface area (Å²) < 4.78 is 5.98. The zero-order chi connectivity index (χ0) is 22.2. The van der Waals surface area contributed by atoms with Gasteiger partial charge in [0.2, 0.25) is 5.88 Å². The molecule has 0 spiro atoms. The van der Waals surface area contributed by atoms with Crippen LogP contribution in [0.1, 0.15) is 46.6 Å². The van der Waals surface area contributed by atoms with E-state index in [9.17, 15) is 4.79 Å². The largest absolute Gasteiger partial charge is 0.477 e. The summed E-state index contributed by atoms with van der Waals surface area (Å²) in [5, 5.41) is 0. The number of aryl methyl sites for hydroxylation is 3. The number of carbonyl (C=O) groups is 1. The van der Waals surface area contributed by atoms with Gasteiger partial charge in [-0.2, -0.15) is 0 Å². The number of aromatic nitrogens is 3. The molecule has 0 saturated carbocycles. The van der Waals surface area contributed by atoms with E-state index in [1.54, 1.807) is 6.20 Å². The van der Waals surface area contributed by atoms with Gasteiger partial charge in [0.25, 0.3) is 5.91 Å². The highest BCUT2D eigenvalue weighted by Gasteiger charge is 2.49. The zero-order valence-corrected chi connectivity index (χ0v) is 18.8. The van der Waals surface area contributed by atoms with Crippen molar-refractivity contribution in [1.29, 1.82) is 0 Å². The van der Waals surface area contributed by atoms with Gasteiger partial charge in [-0.25, -0.2) is 9.97 Å². The Morgan fingerprint density at radius 3 is 2.75 bits per heavy atom. The van der Waals surface area contributed by atoms with Gasteiger partial charge >= 0.3 is 0 Å². The van der Waals surface area contributed by atoms with Gasteiger partial charge < -0.3 is 9.64 Å². The Kier molecular flexibility index (Phi) is 5.37. The molecule has 5 heterocycles. The molecule has 5 rings (SSSR count). The first kappa shape index (κ1) is 20.6. The second kappa shape index (κ2) is 8.34. The SMILES string of the molecule is Cc1ccc(OCC2CC3CCC2N3C(=O)c2nc(C)ccc2-c2ncccc2C)nc1. The molecule has 2 bridgehead atoms. The third kappa shape index (κ3) is 3.74. The summed E-state index contributed by atoms with van der Waals surface area (Å²) in [6.07, 6.45) is 6.60. The van der Waals surface area contributed by atoms with Crippen molar-refractivity contribution in [3.05, 3.63) is 71.3 Å². The Morgan fingerprint density at radius 1 is 1.09 bits per heavy atom. The summed E-state index contributed by atoms with van der Waals surface area (Å²) in [6, 6.07) is 12.2. The summed E-state index contributed by atoms with van der Waals surface area (Å²) in [7, 11) is 0. The second-order valence-corrected chi connectivity index (χ2v) is 9.01. The van der Waals surface area contributed by atoms with Gasteiger partial charge in [0, 0.05) is 47.7 Å². The lowest BCUT2D eigenvalue weighted by Gasteiger charge is -2.25. The first-order valence-electron chi connectivity index (χ1n) is 11.3. The molecule has 0 radical (unpaired) electrons. The van der Waals surface area contributed by atoms with Crippen molar-refractivity contribution in [3.63, 3.8) is 0 Å². The van der Waals surface area contributed by atoms with Crippen LogP contribution in [0, 0.1) is 26.7 Å². The van der Waals surface area contributed by atoms with Gasteiger partial charge in [0.1, 0.15) is 5.69 Å². The normalized spacial score (nSPS) is 21.7. The Bertz CT molecular complexity index is 1140. The third-order valence-corrected chi connectivity index (χ3v) is 6.73. The minimum absolute atomic E-state index is 0.0113. The number of pyridine rings is 3. The average Bonchev–Trinajstić information content (AvgIpc) is 3.37. The number of hydrogen-bond acceptors (Lipinski definition) is 5. The highest BCUT2D eigenvalue weighted by molar-refractivity contribution is 5.99. The van der Waals surface area contributed by atoms with Crippen LogP contribution >= 0.6 is 0 Å². The predicted molar refractivity (Wildman–Crippen MR) is 122 cm³/mol. The molecule has 6 nitrogen and oxygen atoms in total. The number of nitrogens with zero attached hydrogens (tertiary/aromatic N) is 4. The highest BCUT2D eigenvalue weighted by Crippen LogP contribution is 2.43. The number of rotatable bonds is 5. The van der Waals surface area contributed by atoms with E-state index < -0.39 is 0 Å². The summed E-state index contributed by atoms with van der Waals surface area (Å²) >= 11 is 0. The molecule has 3 aromatic rings. The molecule has 3 unspecified atom stereocenters. The summed E-state index contributed by atoms with van der Waals surface area (Å²) in [4.78, 5) is 29.5.